The molecular weight excluding hydrogens is 284 g/mol. The summed E-state index contributed by atoms with van der Waals surface area (Å²) in [5.41, 5.74) is 6.41. The lowest BCUT2D eigenvalue weighted by molar-refractivity contribution is 0.718. The van der Waals surface area contributed by atoms with E-state index in [0.717, 1.165) is 22.8 Å². The van der Waals surface area contributed by atoms with Gasteiger partial charge in [-0.05, 0) is 24.3 Å². The van der Waals surface area contributed by atoms with Crippen LogP contribution in [-0.2, 0) is 0 Å². The van der Waals surface area contributed by atoms with E-state index < -0.39 is 0 Å². The standard InChI is InChI=1S/C19H16N4/c1-4-10-16(11-5-1)19-20-23(18-14-8-3-9-15-18)21-22(19)17-12-6-2-7-13-17/h1-15,21H. The average molecular weight is 300 g/mol. The maximum absolute atomic E-state index is 4.75. The molecule has 1 N–H and O–H groups in total. The zero-order valence-corrected chi connectivity index (χ0v) is 12.5. The Labute approximate surface area is 135 Å². The highest BCUT2D eigenvalue weighted by Crippen LogP contribution is 2.23. The highest BCUT2D eigenvalue weighted by molar-refractivity contribution is 6.11. The minimum Gasteiger partial charge on any atom is -0.238 e. The fourth-order valence-corrected chi connectivity index (χ4v) is 2.52. The molecule has 0 aromatic heterocycles. The minimum atomic E-state index is 0.862. The summed E-state index contributed by atoms with van der Waals surface area (Å²) in [6.45, 7) is 0. The molecule has 1 heterocycles. The van der Waals surface area contributed by atoms with Gasteiger partial charge in [-0.3, -0.25) is 0 Å². The van der Waals surface area contributed by atoms with Crippen LogP contribution in [-0.4, -0.2) is 5.84 Å². The van der Waals surface area contributed by atoms with Crippen molar-refractivity contribution in [2.45, 2.75) is 0 Å². The minimum absolute atomic E-state index is 0.862. The van der Waals surface area contributed by atoms with Crippen molar-refractivity contribution in [3.8, 4) is 0 Å². The summed E-state index contributed by atoms with van der Waals surface area (Å²) in [6.07, 6.45) is 0. The third-order valence-electron chi connectivity index (χ3n) is 3.65. The maximum Gasteiger partial charge on any atom is 0.178 e. The number of hydrazine groups is 2. The molecule has 0 fully saturated rings. The van der Waals surface area contributed by atoms with Crippen molar-refractivity contribution in [3.63, 3.8) is 0 Å². The molecule has 4 rings (SSSR count). The molecule has 0 saturated heterocycles. The van der Waals surface area contributed by atoms with Crippen LogP contribution in [0.2, 0.25) is 0 Å². The normalized spacial score (nSPS) is 14.0. The molecule has 112 valence electrons. The Morgan fingerprint density at radius 2 is 1.13 bits per heavy atom. The van der Waals surface area contributed by atoms with Crippen LogP contribution < -0.4 is 15.7 Å². The lowest BCUT2D eigenvalue weighted by atomic mass is 10.2. The van der Waals surface area contributed by atoms with Crippen LogP contribution >= 0.6 is 0 Å². The number of rotatable bonds is 3. The van der Waals surface area contributed by atoms with E-state index >= 15 is 0 Å². The van der Waals surface area contributed by atoms with Gasteiger partial charge in [0.2, 0.25) is 0 Å². The van der Waals surface area contributed by atoms with Crippen molar-refractivity contribution in [3.05, 3.63) is 96.6 Å². The molecule has 3 aromatic carbocycles. The lowest BCUT2D eigenvalue weighted by Gasteiger charge is -2.22. The molecule has 4 nitrogen and oxygen atoms in total. The molecule has 0 saturated carbocycles. The third kappa shape index (κ3) is 2.67. The predicted molar refractivity (Wildman–Crippen MR) is 94.0 cm³/mol. The molecule has 1 aliphatic heterocycles. The summed E-state index contributed by atoms with van der Waals surface area (Å²) < 4.78 is 0. The number of hydrogen-bond acceptors (Lipinski definition) is 4. The van der Waals surface area contributed by atoms with Gasteiger partial charge >= 0.3 is 0 Å². The molecule has 0 amide bonds. The van der Waals surface area contributed by atoms with E-state index in [1.807, 2.05) is 71.7 Å². The summed E-state index contributed by atoms with van der Waals surface area (Å²) in [6, 6.07) is 30.4. The van der Waals surface area contributed by atoms with E-state index in [4.69, 9.17) is 5.10 Å². The molecule has 0 atom stereocenters. The van der Waals surface area contributed by atoms with Gasteiger partial charge in [0.25, 0.3) is 0 Å². The summed E-state index contributed by atoms with van der Waals surface area (Å²) in [7, 11) is 0. The Bertz CT molecular complexity index is 801. The number of benzene rings is 3. The fraction of sp³-hybridized carbons (Fsp3) is 0. The van der Waals surface area contributed by atoms with Crippen molar-refractivity contribution in [1.82, 2.24) is 5.53 Å². The first-order chi connectivity index (χ1) is 11.4. The largest absolute Gasteiger partial charge is 0.238 e. The Kier molecular flexibility index (Phi) is 3.50. The molecule has 3 aromatic rings. The molecule has 1 aliphatic rings. The van der Waals surface area contributed by atoms with Gasteiger partial charge in [0.15, 0.2) is 5.84 Å². The van der Waals surface area contributed by atoms with E-state index in [-0.39, 0.29) is 0 Å². The second-order valence-corrected chi connectivity index (χ2v) is 5.21. The number of para-hydroxylation sites is 2. The van der Waals surface area contributed by atoms with Crippen LogP contribution in [0.4, 0.5) is 11.4 Å². The molecule has 0 radical (unpaired) electrons. The second-order valence-electron chi connectivity index (χ2n) is 5.21. The zero-order valence-electron chi connectivity index (χ0n) is 12.5. The number of anilines is 2. The molecule has 4 heteroatoms. The van der Waals surface area contributed by atoms with Crippen molar-refractivity contribution >= 4 is 17.2 Å². The Morgan fingerprint density at radius 3 is 1.74 bits per heavy atom. The van der Waals surface area contributed by atoms with Crippen LogP contribution in [0.1, 0.15) is 5.56 Å². The molecule has 0 unspecified atom stereocenters. The van der Waals surface area contributed by atoms with Gasteiger partial charge in [-0.25, -0.2) is 5.01 Å². The topological polar surface area (TPSA) is 30.9 Å². The van der Waals surface area contributed by atoms with Gasteiger partial charge < -0.3 is 0 Å². The monoisotopic (exact) mass is 300 g/mol. The number of hydrogen-bond donors (Lipinski definition) is 1. The van der Waals surface area contributed by atoms with Crippen LogP contribution in [0.5, 0.6) is 0 Å². The molecule has 23 heavy (non-hydrogen) atoms. The zero-order chi connectivity index (χ0) is 15.5. The second kappa shape index (κ2) is 5.94. The predicted octanol–water partition coefficient (Wildman–Crippen LogP) is 3.79. The number of hydrazone groups is 1. The van der Waals surface area contributed by atoms with Gasteiger partial charge in [-0.1, -0.05) is 66.7 Å². The summed E-state index contributed by atoms with van der Waals surface area (Å²) in [4.78, 5) is 0. The Balaban J connectivity index is 1.76. The quantitative estimate of drug-likeness (QED) is 0.798. The van der Waals surface area contributed by atoms with Gasteiger partial charge in [0, 0.05) is 5.56 Å². The third-order valence-corrected chi connectivity index (χ3v) is 3.65. The fourth-order valence-electron chi connectivity index (χ4n) is 2.52. The van der Waals surface area contributed by atoms with E-state index in [1.165, 1.54) is 0 Å². The van der Waals surface area contributed by atoms with Crippen LogP contribution in [0.15, 0.2) is 96.1 Å². The molecule has 0 bridgehead atoms. The summed E-state index contributed by atoms with van der Waals surface area (Å²) in [5, 5.41) is 8.53. The van der Waals surface area contributed by atoms with Crippen molar-refractivity contribution in [2.24, 2.45) is 5.10 Å². The first-order valence-electron chi connectivity index (χ1n) is 7.52. The number of nitrogens with zero attached hydrogens (tertiary/aromatic N) is 3. The van der Waals surface area contributed by atoms with Crippen LogP contribution in [0, 0.1) is 0 Å². The first-order valence-corrected chi connectivity index (χ1v) is 7.52. The van der Waals surface area contributed by atoms with Crippen LogP contribution in [0.25, 0.3) is 0 Å². The van der Waals surface area contributed by atoms with E-state index in [9.17, 15) is 0 Å². The number of amidine groups is 1. The summed E-state index contributed by atoms with van der Waals surface area (Å²) in [5.74, 6) is 0.862. The van der Waals surface area contributed by atoms with Gasteiger partial charge in [0.1, 0.15) is 0 Å². The summed E-state index contributed by atoms with van der Waals surface area (Å²) >= 11 is 0. The Morgan fingerprint density at radius 1 is 0.609 bits per heavy atom. The number of nitrogens with one attached hydrogen (secondary N) is 1. The molecule has 0 aliphatic carbocycles. The van der Waals surface area contributed by atoms with Gasteiger partial charge in [-0.15, -0.1) is 10.6 Å². The highest BCUT2D eigenvalue weighted by Gasteiger charge is 2.26. The van der Waals surface area contributed by atoms with Crippen molar-refractivity contribution in [1.29, 1.82) is 0 Å². The van der Waals surface area contributed by atoms with E-state index in [2.05, 4.69) is 29.8 Å². The van der Waals surface area contributed by atoms with Gasteiger partial charge in [-0.2, -0.15) is 5.12 Å². The van der Waals surface area contributed by atoms with Crippen LogP contribution in [0.3, 0.4) is 0 Å². The smallest absolute Gasteiger partial charge is 0.178 e. The lowest BCUT2D eigenvalue weighted by Crippen LogP contribution is -2.43. The molecule has 0 spiro atoms. The Hall–Kier alpha value is -3.11. The maximum atomic E-state index is 4.75. The molecular formula is C19H16N4. The van der Waals surface area contributed by atoms with Crippen molar-refractivity contribution < 1.29 is 0 Å². The SMILES string of the molecule is c1ccc(C2=NN(c3ccccc3)NN2c2ccccc2)cc1. The average Bonchev–Trinajstić information content (AvgIpc) is 3.09. The van der Waals surface area contributed by atoms with E-state index in [1.54, 1.807) is 5.12 Å². The van der Waals surface area contributed by atoms with Crippen molar-refractivity contribution in [2.75, 3.05) is 10.1 Å². The highest BCUT2D eigenvalue weighted by atomic mass is 15.9. The first kappa shape index (κ1) is 13.5. The van der Waals surface area contributed by atoms with E-state index in [0.29, 0.717) is 0 Å². The van der Waals surface area contributed by atoms with Gasteiger partial charge in [0.05, 0.1) is 11.4 Å².